The second kappa shape index (κ2) is 12.4. The number of pyridine rings is 1. The minimum absolute atomic E-state index is 0. The van der Waals surface area contributed by atoms with Crippen LogP contribution in [0, 0.1) is 0 Å². The molecule has 7 nitrogen and oxygen atoms in total. The number of fused-ring (bicyclic) bond motifs is 1. The Hall–Kier alpha value is -2.81. The number of benzene rings is 2. The first kappa shape index (κ1) is 29.7. The van der Waals surface area contributed by atoms with Crippen molar-refractivity contribution in [3.05, 3.63) is 64.7 Å². The molecule has 0 radical (unpaired) electrons. The monoisotopic (exact) mass is 556 g/mol. The van der Waals surface area contributed by atoms with E-state index in [1.54, 1.807) is 21.9 Å². The molecule has 2 amide bonds. The molecule has 9 heteroatoms. The van der Waals surface area contributed by atoms with Gasteiger partial charge in [-0.1, -0.05) is 62.7 Å². The number of amides is 2. The fourth-order valence-electron chi connectivity index (χ4n) is 4.55. The van der Waals surface area contributed by atoms with Gasteiger partial charge in [-0.25, -0.2) is 9.78 Å². The second-order valence-corrected chi connectivity index (χ2v) is 10.7. The van der Waals surface area contributed by atoms with Crippen LogP contribution in [0.3, 0.4) is 0 Å². The minimum atomic E-state index is -0.321. The van der Waals surface area contributed by atoms with Crippen LogP contribution in [-0.4, -0.2) is 65.6 Å². The molecule has 38 heavy (non-hydrogen) atoms. The lowest BCUT2D eigenvalue weighted by Gasteiger charge is -2.39. The molecule has 0 bridgehead atoms. The van der Waals surface area contributed by atoms with E-state index in [1.807, 2.05) is 38.1 Å². The van der Waals surface area contributed by atoms with Crippen molar-refractivity contribution in [1.82, 2.24) is 14.8 Å². The SMILES string of the molecule is CCCOC(=O)N1CCN(C(=O)c2ccc3c(Cl)cc(-c4ccc(C(C)(C)CN)cc4)nc3c2)C[C@@H]1C.S. The predicted octanol–water partition coefficient (Wildman–Crippen LogP) is 5.60. The normalized spacial score (nSPS) is 15.8. The van der Waals surface area contributed by atoms with Crippen molar-refractivity contribution in [3.63, 3.8) is 0 Å². The fraction of sp³-hybridized carbons (Fsp3) is 0.414. The van der Waals surface area contributed by atoms with E-state index in [1.165, 1.54) is 0 Å². The van der Waals surface area contributed by atoms with E-state index in [0.29, 0.717) is 48.9 Å². The van der Waals surface area contributed by atoms with Gasteiger partial charge in [0.05, 0.1) is 22.8 Å². The molecule has 204 valence electrons. The van der Waals surface area contributed by atoms with Gasteiger partial charge in [0.15, 0.2) is 0 Å². The van der Waals surface area contributed by atoms with Gasteiger partial charge < -0.3 is 20.3 Å². The summed E-state index contributed by atoms with van der Waals surface area (Å²) < 4.78 is 5.27. The van der Waals surface area contributed by atoms with Crippen LogP contribution in [0.1, 0.15) is 50.0 Å². The van der Waals surface area contributed by atoms with Crippen molar-refractivity contribution in [3.8, 4) is 11.3 Å². The van der Waals surface area contributed by atoms with Crippen LogP contribution in [0.2, 0.25) is 5.02 Å². The van der Waals surface area contributed by atoms with Gasteiger partial charge in [-0.05, 0) is 37.1 Å². The quantitative estimate of drug-likeness (QED) is 0.427. The lowest BCUT2D eigenvalue weighted by molar-refractivity contribution is 0.0412. The van der Waals surface area contributed by atoms with Gasteiger partial charge in [-0.2, -0.15) is 13.5 Å². The van der Waals surface area contributed by atoms with E-state index in [0.717, 1.165) is 28.6 Å². The highest BCUT2D eigenvalue weighted by Crippen LogP contribution is 2.31. The number of hydrogen-bond donors (Lipinski definition) is 1. The Kier molecular flexibility index (Phi) is 9.68. The zero-order chi connectivity index (χ0) is 26.7. The number of piperazine rings is 1. The van der Waals surface area contributed by atoms with Crippen LogP contribution in [-0.2, 0) is 10.2 Å². The van der Waals surface area contributed by atoms with Gasteiger partial charge in [0, 0.05) is 54.1 Å². The zero-order valence-corrected chi connectivity index (χ0v) is 24.2. The third-order valence-electron chi connectivity index (χ3n) is 7.06. The molecular weight excluding hydrogens is 520 g/mol. The summed E-state index contributed by atoms with van der Waals surface area (Å²) in [5.74, 6) is -0.0907. The molecule has 2 aromatic carbocycles. The highest BCUT2D eigenvalue weighted by atomic mass is 35.5. The first-order chi connectivity index (χ1) is 17.6. The first-order valence-electron chi connectivity index (χ1n) is 12.8. The third-order valence-corrected chi connectivity index (χ3v) is 7.37. The van der Waals surface area contributed by atoms with Crippen molar-refractivity contribution in [1.29, 1.82) is 0 Å². The fourth-order valence-corrected chi connectivity index (χ4v) is 4.81. The number of carbonyl (C=O) groups excluding carboxylic acids is 2. The van der Waals surface area contributed by atoms with Gasteiger partial charge in [0.2, 0.25) is 0 Å². The molecule has 1 atom stereocenters. The summed E-state index contributed by atoms with van der Waals surface area (Å²) in [4.78, 5) is 34.0. The van der Waals surface area contributed by atoms with E-state index < -0.39 is 0 Å². The van der Waals surface area contributed by atoms with Crippen molar-refractivity contribution in [2.75, 3.05) is 32.8 Å². The van der Waals surface area contributed by atoms with E-state index >= 15 is 0 Å². The molecule has 1 fully saturated rings. The Morgan fingerprint density at radius 1 is 1.13 bits per heavy atom. The summed E-state index contributed by atoms with van der Waals surface area (Å²) in [6, 6.07) is 15.3. The average molecular weight is 557 g/mol. The number of nitrogens with two attached hydrogens (primary N) is 1. The number of hydrogen-bond acceptors (Lipinski definition) is 5. The number of aromatic nitrogens is 1. The molecule has 2 N–H and O–H groups in total. The molecule has 0 spiro atoms. The lowest BCUT2D eigenvalue weighted by Crippen LogP contribution is -2.55. The second-order valence-electron chi connectivity index (χ2n) is 10.3. The smallest absolute Gasteiger partial charge is 0.410 e. The maximum Gasteiger partial charge on any atom is 0.410 e. The van der Waals surface area contributed by atoms with Crippen molar-refractivity contribution in [2.45, 2.75) is 45.6 Å². The molecule has 0 aliphatic carbocycles. The summed E-state index contributed by atoms with van der Waals surface area (Å²) in [5, 5.41) is 1.37. The Morgan fingerprint density at radius 3 is 2.47 bits per heavy atom. The molecular formula is C29H37ClN4O3S. The Labute approximate surface area is 236 Å². The Morgan fingerprint density at radius 2 is 1.84 bits per heavy atom. The number of carbonyl (C=O) groups is 2. The largest absolute Gasteiger partial charge is 0.449 e. The molecule has 4 rings (SSSR count). The standard InChI is InChI=1S/C29H35ClN4O3.H2S/c1-5-14-37-28(36)34-13-12-33(17-19(34)2)27(35)21-8-11-23-24(30)16-25(32-26(23)15-21)20-6-9-22(10-7-20)29(3,4)18-31;/h6-11,15-16,19H,5,12-14,17-18,31H2,1-4H3;1H2/t19-;/m0./s1. The van der Waals surface area contributed by atoms with Crippen molar-refractivity contribution < 1.29 is 14.3 Å². The predicted molar refractivity (Wildman–Crippen MR) is 158 cm³/mol. The maximum absolute atomic E-state index is 13.4. The minimum Gasteiger partial charge on any atom is -0.449 e. The Bertz CT molecular complexity index is 1300. The molecule has 1 aliphatic rings. The van der Waals surface area contributed by atoms with Crippen LogP contribution >= 0.6 is 25.1 Å². The molecule has 2 heterocycles. The lowest BCUT2D eigenvalue weighted by atomic mass is 9.84. The molecule has 3 aromatic rings. The van der Waals surface area contributed by atoms with Crippen LogP contribution in [0.5, 0.6) is 0 Å². The summed E-state index contributed by atoms with van der Waals surface area (Å²) in [6.45, 7) is 10.4. The molecule has 0 saturated carbocycles. The topological polar surface area (TPSA) is 88.8 Å². The number of nitrogens with zero attached hydrogens (tertiary/aromatic N) is 3. The van der Waals surface area contributed by atoms with Crippen LogP contribution in [0.15, 0.2) is 48.5 Å². The van der Waals surface area contributed by atoms with E-state index in [-0.39, 0.29) is 37.0 Å². The van der Waals surface area contributed by atoms with Gasteiger partial charge in [-0.3, -0.25) is 4.79 Å². The van der Waals surface area contributed by atoms with E-state index in [4.69, 9.17) is 27.1 Å². The first-order valence-corrected chi connectivity index (χ1v) is 13.2. The van der Waals surface area contributed by atoms with Crippen LogP contribution in [0.4, 0.5) is 4.79 Å². The van der Waals surface area contributed by atoms with E-state index in [2.05, 4.69) is 26.0 Å². The number of halogens is 1. The molecule has 0 unspecified atom stereocenters. The zero-order valence-electron chi connectivity index (χ0n) is 22.5. The number of ether oxygens (including phenoxy) is 1. The molecule has 1 aliphatic heterocycles. The third kappa shape index (κ3) is 6.25. The van der Waals surface area contributed by atoms with Gasteiger partial charge in [0.1, 0.15) is 0 Å². The summed E-state index contributed by atoms with van der Waals surface area (Å²) in [6.07, 6.45) is 0.455. The van der Waals surface area contributed by atoms with Crippen LogP contribution in [0.25, 0.3) is 22.2 Å². The van der Waals surface area contributed by atoms with Crippen molar-refractivity contribution >= 4 is 48.0 Å². The van der Waals surface area contributed by atoms with Gasteiger partial charge in [0.25, 0.3) is 5.91 Å². The average Bonchev–Trinajstić information content (AvgIpc) is 2.90. The highest BCUT2D eigenvalue weighted by Gasteiger charge is 2.31. The number of rotatable bonds is 6. The summed E-state index contributed by atoms with van der Waals surface area (Å²) in [7, 11) is 0. The van der Waals surface area contributed by atoms with Gasteiger partial charge in [-0.15, -0.1) is 0 Å². The summed E-state index contributed by atoms with van der Waals surface area (Å²) in [5.41, 5.74) is 9.86. The Balaban J connectivity index is 0.00000400. The summed E-state index contributed by atoms with van der Waals surface area (Å²) >= 11 is 6.62. The van der Waals surface area contributed by atoms with Gasteiger partial charge >= 0.3 is 6.09 Å². The van der Waals surface area contributed by atoms with Crippen LogP contribution < -0.4 is 5.73 Å². The molecule has 1 saturated heterocycles. The highest BCUT2D eigenvalue weighted by molar-refractivity contribution is 7.59. The molecule has 1 aromatic heterocycles. The van der Waals surface area contributed by atoms with E-state index in [9.17, 15) is 9.59 Å². The van der Waals surface area contributed by atoms with Crippen molar-refractivity contribution in [2.24, 2.45) is 5.73 Å². The maximum atomic E-state index is 13.4.